The Balaban J connectivity index is 1.74. The van der Waals surface area contributed by atoms with Gasteiger partial charge in [-0.25, -0.2) is 0 Å². The lowest BCUT2D eigenvalue weighted by Crippen LogP contribution is -2.38. The van der Waals surface area contributed by atoms with E-state index in [4.69, 9.17) is 20.9 Å². The Labute approximate surface area is 146 Å². The number of benzene rings is 1. The lowest BCUT2D eigenvalue weighted by atomic mass is 9.99. The Bertz CT molecular complexity index is 721. The number of para-hydroxylation sites is 1. The van der Waals surface area contributed by atoms with E-state index in [1.54, 1.807) is 19.1 Å². The number of halogens is 1. The number of carbonyl (C=O) groups excluding carboxylic acids is 1. The highest BCUT2D eigenvalue weighted by atomic mass is 35.5. The van der Waals surface area contributed by atoms with Gasteiger partial charge >= 0.3 is 0 Å². The van der Waals surface area contributed by atoms with Gasteiger partial charge in [-0.2, -0.15) is 0 Å². The third-order valence-electron chi connectivity index (χ3n) is 4.47. The molecule has 0 N–H and O–H groups in total. The average molecular weight is 349 g/mol. The summed E-state index contributed by atoms with van der Waals surface area (Å²) in [4.78, 5) is 14.6. The van der Waals surface area contributed by atoms with E-state index < -0.39 is 0 Å². The van der Waals surface area contributed by atoms with Crippen molar-refractivity contribution < 1.29 is 14.1 Å². The van der Waals surface area contributed by atoms with Crippen molar-refractivity contribution in [1.29, 1.82) is 0 Å². The van der Waals surface area contributed by atoms with Crippen molar-refractivity contribution in [3.8, 4) is 5.75 Å². The van der Waals surface area contributed by atoms with Crippen LogP contribution in [-0.4, -0.2) is 29.1 Å². The molecule has 1 fully saturated rings. The van der Waals surface area contributed by atoms with Crippen molar-refractivity contribution in [3.05, 3.63) is 46.3 Å². The number of amides is 1. The van der Waals surface area contributed by atoms with Crippen LogP contribution in [0.25, 0.3) is 0 Å². The highest BCUT2D eigenvalue weighted by Gasteiger charge is 2.27. The molecular formula is C18H21ClN2O3. The van der Waals surface area contributed by atoms with Gasteiger partial charge in [-0.05, 0) is 37.8 Å². The molecular weight excluding hydrogens is 328 g/mol. The van der Waals surface area contributed by atoms with E-state index in [2.05, 4.69) is 12.1 Å². The Morgan fingerprint density at radius 2 is 2.08 bits per heavy atom. The van der Waals surface area contributed by atoms with Crippen molar-refractivity contribution >= 4 is 17.5 Å². The molecule has 0 aliphatic carbocycles. The molecule has 1 aromatic carbocycles. The molecule has 2 heterocycles. The van der Waals surface area contributed by atoms with Crippen LogP contribution < -0.4 is 4.74 Å². The maximum absolute atomic E-state index is 12.7. The summed E-state index contributed by atoms with van der Waals surface area (Å²) in [6, 6.07) is 7.24. The Morgan fingerprint density at radius 3 is 2.79 bits per heavy atom. The standard InChI is InChI=1S/C18H21ClN2O3/c1-12-7-9-21(10-8-12)18(22)17-14(13(2)24-20-17)11-23-16-6-4-3-5-15(16)19/h3-6,12H,7-11H2,1-2H3. The maximum atomic E-state index is 12.7. The van der Waals surface area contributed by atoms with Gasteiger partial charge in [-0.3, -0.25) is 4.79 Å². The molecule has 0 atom stereocenters. The highest BCUT2D eigenvalue weighted by Crippen LogP contribution is 2.26. The number of hydrogen-bond acceptors (Lipinski definition) is 4. The number of hydrogen-bond donors (Lipinski definition) is 0. The number of aryl methyl sites for hydroxylation is 1. The van der Waals surface area contributed by atoms with E-state index in [9.17, 15) is 4.79 Å². The van der Waals surface area contributed by atoms with Crippen molar-refractivity contribution in [2.75, 3.05) is 13.1 Å². The van der Waals surface area contributed by atoms with Crippen molar-refractivity contribution in [1.82, 2.24) is 10.1 Å². The number of likely N-dealkylation sites (tertiary alicyclic amines) is 1. The molecule has 1 saturated heterocycles. The van der Waals surface area contributed by atoms with Crippen LogP contribution in [-0.2, 0) is 6.61 Å². The van der Waals surface area contributed by atoms with Crippen LogP contribution in [0, 0.1) is 12.8 Å². The zero-order valence-electron chi connectivity index (χ0n) is 13.9. The van der Waals surface area contributed by atoms with Crippen molar-refractivity contribution in [3.63, 3.8) is 0 Å². The monoisotopic (exact) mass is 348 g/mol. The molecule has 5 nitrogen and oxygen atoms in total. The van der Waals surface area contributed by atoms with E-state index in [1.807, 2.05) is 17.0 Å². The van der Waals surface area contributed by atoms with Crippen molar-refractivity contribution in [2.24, 2.45) is 5.92 Å². The van der Waals surface area contributed by atoms with Crippen LogP contribution in [0.1, 0.15) is 41.6 Å². The van der Waals surface area contributed by atoms with Gasteiger partial charge in [0, 0.05) is 13.1 Å². The molecule has 1 aliphatic rings. The summed E-state index contributed by atoms with van der Waals surface area (Å²) in [6.45, 7) is 5.72. The summed E-state index contributed by atoms with van der Waals surface area (Å²) < 4.78 is 11.0. The third-order valence-corrected chi connectivity index (χ3v) is 4.78. The molecule has 128 valence electrons. The number of rotatable bonds is 4. The van der Waals surface area contributed by atoms with E-state index >= 15 is 0 Å². The number of nitrogens with zero attached hydrogens (tertiary/aromatic N) is 2. The zero-order valence-corrected chi connectivity index (χ0v) is 14.7. The number of ether oxygens (including phenoxy) is 1. The molecule has 0 saturated carbocycles. The first-order valence-corrected chi connectivity index (χ1v) is 8.55. The zero-order chi connectivity index (χ0) is 17.1. The Kier molecular flexibility index (Phi) is 5.09. The lowest BCUT2D eigenvalue weighted by Gasteiger charge is -2.29. The van der Waals surface area contributed by atoms with Gasteiger partial charge in [0.2, 0.25) is 0 Å². The predicted molar refractivity (Wildman–Crippen MR) is 91.3 cm³/mol. The minimum absolute atomic E-state index is 0.0866. The quantitative estimate of drug-likeness (QED) is 0.835. The van der Waals surface area contributed by atoms with Gasteiger partial charge in [0.1, 0.15) is 18.1 Å². The van der Waals surface area contributed by atoms with Gasteiger partial charge in [0.15, 0.2) is 5.69 Å². The topological polar surface area (TPSA) is 55.6 Å². The van der Waals surface area contributed by atoms with Gasteiger partial charge in [-0.15, -0.1) is 0 Å². The molecule has 2 aromatic rings. The molecule has 3 rings (SSSR count). The molecule has 1 aromatic heterocycles. The average Bonchev–Trinajstić information content (AvgIpc) is 2.95. The molecule has 0 spiro atoms. The Hall–Kier alpha value is -2.01. The molecule has 6 heteroatoms. The van der Waals surface area contributed by atoms with Gasteiger partial charge < -0.3 is 14.2 Å². The molecule has 1 amide bonds. The summed E-state index contributed by atoms with van der Waals surface area (Å²) in [5.41, 5.74) is 1.02. The first-order valence-electron chi connectivity index (χ1n) is 8.18. The van der Waals surface area contributed by atoms with Crippen LogP contribution in [0.15, 0.2) is 28.8 Å². The molecule has 0 bridgehead atoms. The molecule has 0 radical (unpaired) electrons. The Morgan fingerprint density at radius 1 is 1.38 bits per heavy atom. The van der Waals surface area contributed by atoms with Gasteiger partial charge in [-0.1, -0.05) is 35.8 Å². The molecule has 24 heavy (non-hydrogen) atoms. The number of carbonyl (C=O) groups is 1. The smallest absolute Gasteiger partial charge is 0.276 e. The normalized spacial score (nSPS) is 15.5. The number of piperidine rings is 1. The summed E-state index contributed by atoms with van der Waals surface area (Å²) >= 11 is 6.10. The second-order valence-corrected chi connectivity index (χ2v) is 6.67. The molecule has 1 aliphatic heterocycles. The first kappa shape index (κ1) is 16.8. The fraction of sp³-hybridized carbons (Fsp3) is 0.444. The minimum Gasteiger partial charge on any atom is -0.487 e. The van der Waals surface area contributed by atoms with Gasteiger partial charge in [0.05, 0.1) is 10.6 Å². The van der Waals surface area contributed by atoms with Crippen molar-refractivity contribution in [2.45, 2.75) is 33.3 Å². The summed E-state index contributed by atoms with van der Waals surface area (Å²) in [6.07, 6.45) is 2.04. The second kappa shape index (κ2) is 7.26. The summed E-state index contributed by atoms with van der Waals surface area (Å²) in [5.74, 6) is 1.74. The maximum Gasteiger partial charge on any atom is 0.276 e. The fourth-order valence-corrected chi connectivity index (χ4v) is 2.99. The van der Waals surface area contributed by atoms with Crippen LogP contribution in [0.3, 0.4) is 0 Å². The minimum atomic E-state index is -0.0866. The largest absolute Gasteiger partial charge is 0.487 e. The first-order chi connectivity index (χ1) is 11.6. The van der Waals surface area contributed by atoms with Gasteiger partial charge in [0.25, 0.3) is 5.91 Å². The summed E-state index contributed by atoms with van der Waals surface area (Å²) in [7, 11) is 0. The third kappa shape index (κ3) is 3.56. The van der Waals surface area contributed by atoms with E-state index in [-0.39, 0.29) is 12.5 Å². The highest BCUT2D eigenvalue weighted by molar-refractivity contribution is 6.32. The van der Waals surface area contributed by atoms with Crippen LogP contribution in [0.2, 0.25) is 5.02 Å². The fourth-order valence-electron chi connectivity index (χ4n) is 2.80. The second-order valence-electron chi connectivity index (χ2n) is 6.26. The summed E-state index contributed by atoms with van der Waals surface area (Å²) in [5, 5.41) is 4.50. The van der Waals surface area contributed by atoms with Crippen LogP contribution >= 0.6 is 11.6 Å². The SMILES string of the molecule is Cc1onc(C(=O)N2CCC(C)CC2)c1COc1ccccc1Cl. The van der Waals surface area contributed by atoms with Crippen LogP contribution in [0.4, 0.5) is 0 Å². The van der Waals surface area contributed by atoms with Crippen LogP contribution in [0.5, 0.6) is 5.75 Å². The van der Waals surface area contributed by atoms with E-state index in [1.165, 1.54) is 0 Å². The molecule has 0 unspecified atom stereocenters. The number of aromatic nitrogens is 1. The van der Waals surface area contributed by atoms with E-state index in [0.717, 1.165) is 25.9 Å². The lowest BCUT2D eigenvalue weighted by molar-refractivity contribution is 0.0684. The predicted octanol–water partition coefficient (Wildman–Crippen LogP) is 4.09. The van der Waals surface area contributed by atoms with E-state index in [0.29, 0.717) is 33.7 Å².